The van der Waals surface area contributed by atoms with Crippen LogP contribution in [0.25, 0.3) is 0 Å². The molecular weight excluding hydrogens is 216 g/mol. The van der Waals surface area contributed by atoms with Crippen molar-refractivity contribution in [1.29, 1.82) is 0 Å². The average Bonchev–Trinajstić information content (AvgIpc) is 1.89. The molecule has 4 N–H and O–H groups in total. The van der Waals surface area contributed by atoms with E-state index in [1.54, 1.807) is 13.8 Å². The monoisotopic (exact) mass is 229 g/mol. The molecule has 0 heterocycles. The molecule has 0 fully saturated rings. The van der Waals surface area contributed by atoms with Crippen molar-refractivity contribution in [1.82, 2.24) is 0 Å². The predicted octanol–water partition coefficient (Wildman–Crippen LogP) is 0.135. The summed E-state index contributed by atoms with van der Waals surface area (Å²) in [4.78, 5) is 18.7. The van der Waals surface area contributed by atoms with Crippen molar-refractivity contribution >= 4 is 11.9 Å². The van der Waals surface area contributed by atoms with Gasteiger partial charge in [-0.2, -0.15) is 0 Å². The van der Waals surface area contributed by atoms with Crippen molar-refractivity contribution < 1.29 is 42.3 Å². The molecule has 1 radical (unpaired) electrons. The summed E-state index contributed by atoms with van der Waals surface area (Å²) in [5, 5.41) is 15.4. The first kappa shape index (κ1) is 22.5. The van der Waals surface area contributed by atoms with Gasteiger partial charge in [0.25, 0.3) is 0 Å². The molecular formula is C6H14CuO5. The van der Waals surface area contributed by atoms with Gasteiger partial charge in [0.15, 0.2) is 0 Å². The number of rotatable bonds is 2. The number of hydrogen-bond acceptors (Lipinski definition) is 2. The van der Waals surface area contributed by atoms with Crippen molar-refractivity contribution in [3.8, 4) is 0 Å². The normalized spacial score (nSPS) is 6.17. The average molecular weight is 230 g/mol. The molecule has 0 aliphatic rings. The van der Waals surface area contributed by atoms with E-state index in [1.807, 2.05) is 0 Å². The van der Waals surface area contributed by atoms with Gasteiger partial charge in [0.1, 0.15) is 0 Å². The Morgan fingerprint density at radius 1 is 1.00 bits per heavy atom. The Kier molecular flexibility index (Phi) is 31.5. The fourth-order valence-corrected chi connectivity index (χ4v) is 0. The Bertz CT molecular complexity index is 101. The summed E-state index contributed by atoms with van der Waals surface area (Å²) >= 11 is 0. The molecule has 0 aromatic rings. The van der Waals surface area contributed by atoms with Crippen molar-refractivity contribution in [3.63, 3.8) is 0 Å². The number of hydrogen-bond donors (Lipinski definition) is 2. The summed E-state index contributed by atoms with van der Waals surface area (Å²) in [5.74, 6) is -1.49. The molecule has 0 spiro atoms. The van der Waals surface area contributed by atoms with E-state index in [1.165, 1.54) is 0 Å². The molecule has 0 aromatic heterocycles. The van der Waals surface area contributed by atoms with Gasteiger partial charge in [-0.15, -0.1) is 0 Å². The minimum absolute atomic E-state index is 0. The summed E-state index contributed by atoms with van der Waals surface area (Å²) in [6, 6.07) is 0. The van der Waals surface area contributed by atoms with Crippen LogP contribution in [0, 0.1) is 0 Å². The zero-order valence-corrected chi connectivity index (χ0v) is 7.87. The van der Waals surface area contributed by atoms with Gasteiger partial charge in [0.2, 0.25) is 0 Å². The second kappa shape index (κ2) is 16.8. The molecule has 0 saturated carbocycles. The number of carboxylic acid groups (broad SMARTS) is 2. The van der Waals surface area contributed by atoms with E-state index in [-0.39, 0.29) is 35.4 Å². The zero-order valence-electron chi connectivity index (χ0n) is 6.93. The third-order valence-corrected chi connectivity index (χ3v) is 0.605. The molecule has 6 heteroatoms. The molecule has 0 unspecified atom stereocenters. The maximum absolute atomic E-state index is 9.37. The Morgan fingerprint density at radius 2 is 1.08 bits per heavy atom. The van der Waals surface area contributed by atoms with Gasteiger partial charge in [0, 0.05) is 29.9 Å². The minimum atomic E-state index is -0.745. The van der Waals surface area contributed by atoms with Gasteiger partial charge in [0.05, 0.1) is 0 Å². The molecule has 0 bridgehead atoms. The molecule has 0 aliphatic carbocycles. The van der Waals surface area contributed by atoms with E-state index < -0.39 is 11.9 Å². The molecule has 0 aromatic carbocycles. The second-order valence-electron chi connectivity index (χ2n) is 1.49. The first-order chi connectivity index (χ1) is 4.54. The molecule has 12 heavy (non-hydrogen) atoms. The van der Waals surface area contributed by atoms with Crippen LogP contribution in [0.4, 0.5) is 0 Å². The maximum Gasteiger partial charge on any atom is 0.303 e. The van der Waals surface area contributed by atoms with Crippen LogP contribution in [0.2, 0.25) is 0 Å². The van der Waals surface area contributed by atoms with Gasteiger partial charge in [-0.25, -0.2) is 0 Å². The Morgan fingerprint density at radius 3 is 1.08 bits per heavy atom. The predicted molar refractivity (Wildman–Crippen MR) is 39.5 cm³/mol. The molecule has 0 atom stereocenters. The minimum Gasteiger partial charge on any atom is -0.481 e. The van der Waals surface area contributed by atoms with E-state index in [2.05, 4.69) is 0 Å². The molecule has 0 saturated heterocycles. The van der Waals surface area contributed by atoms with E-state index >= 15 is 0 Å². The van der Waals surface area contributed by atoms with Gasteiger partial charge in [-0.05, 0) is 0 Å². The van der Waals surface area contributed by atoms with Gasteiger partial charge >= 0.3 is 11.9 Å². The summed E-state index contributed by atoms with van der Waals surface area (Å²) in [7, 11) is 0. The van der Waals surface area contributed by atoms with Crippen molar-refractivity contribution in [3.05, 3.63) is 0 Å². The smallest absolute Gasteiger partial charge is 0.303 e. The third-order valence-electron chi connectivity index (χ3n) is 0.605. The fraction of sp³-hybridized carbons (Fsp3) is 0.667. The van der Waals surface area contributed by atoms with Crippen LogP contribution in [0.15, 0.2) is 0 Å². The number of carbonyl (C=O) groups is 2. The van der Waals surface area contributed by atoms with Crippen LogP contribution in [0.1, 0.15) is 26.7 Å². The quantitative estimate of drug-likeness (QED) is 0.657. The standard InChI is InChI=1S/2C3H6O2.Cu.H2O/c2*1-2-3(4)5;;/h2*2H2,1H3,(H,4,5);;1H2. The van der Waals surface area contributed by atoms with Crippen molar-refractivity contribution in [2.75, 3.05) is 0 Å². The summed E-state index contributed by atoms with van der Waals surface area (Å²) in [6.45, 7) is 3.20. The summed E-state index contributed by atoms with van der Waals surface area (Å²) in [5.41, 5.74) is 0. The van der Waals surface area contributed by atoms with Crippen LogP contribution in [-0.4, -0.2) is 27.6 Å². The fourth-order valence-electron chi connectivity index (χ4n) is 0. The zero-order chi connectivity index (χ0) is 8.57. The topological polar surface area (TPSA) is 106 Å². The van der Waals surface area contributed by atoms with Gasteiger partial charge in [-0.3, -0.25) is 9.59 Å². The molecule has 79 valence electrons. The van der Waals surface area contributed by atoms with Crippen LogP contribution >= 0.6 is 0 Å². The SMILES string of the molecule is CCC(=O)O.CCC(=O)O.O.[Cu]. The molecule has 5 nitrogen and oxygen atoms in total. The summed E-state index contributed by atoms with van der Waals surface area (Å²) in [6.07, 6.45) is 0.444. The molecule has 0 aliphatic heterocycles. The number of carboxylic acids is 2. The van der Waals surface area contributed by atoms with Crippen molar-refractivity contribution in [2.45, 2.75) is 26.7 Å². The maximum atomic E-state index is 9.37. The largest absolute Gasteiger partial charge is 0.481 e. The van der Waals surface area contributed by atoms with Crippen LogP contribution in [0.5, 0.6) is 0 Å². The first-order valence-corrected chi connectivity index (χ1v) is 2.98. The van der Waals surface area contributed by atoms with Crippen LogP contribution in [0.3, 0.4) is 0 Å². The van der Waals surface area contributed by atoms with E-state index in [4.69, 9.17) is 10.2 Å². The molecule has 0 rings (SSSR count). The second-order valence-corrected chi connectivity index (χ2v) is 1.49. The Hall–Kier alpha value is -0.581. The van der Waals surface area contributed by atoms with Crippen molar-refractivity contribution in [2.24, 2.45) is 0 Å². The van der Waals surface area contributed by atoms with E-state index in [9.17, 15) is 9.59 Å². The van der Waals surface area contributed by atoms with Gasteiger partial charge in [-0.1, -0.05) is 13.8 Å². The third kappa shape index (κ3) is 57.1. The van der Waals surface area contributed by atoms with E-state index in [0.29, 0.717) is 0 Å². The van der Waals surface area contributed by atoms with E-state index in [0.717, 1.165) is 0 Å². The summed E-state index contributed by atoms with van der Waals surface area (Å²) < 4.78 is 0. The number of aliphatic carboxylic acids is 2. The van der Waals surface area contributed by atoms with Crippen LogP contribution < -0.4 is 0 Å². The van der Waals surface area contributed by atoms with Crippen LogP contribution in [-0.2, 0) is 26.7 Å². The molecule has 0 amide bonds. The van der Waals surface area contributed by atoms with Gasteiger partial charge < -0.3 is 15.7 Å². The Labute approximate surface area is 81.6 Å². The Balaban J connectivity index is -0.0000000457. The first-order valence-electron chi connectivity index (χ1n) is 2.98.